The molecule has 1 aliphatic rings. The summed E-state index contributed by atoms with van der Waals surface area (Å²) in [5.41, 5.74) is 0.906. The normalized spacial score (nSPS) is 17.9. The SMILES string of the molecule is CC(C)(C)OC=O.Cc1ccccc1OC[C@@H]1CCCNC1. The van der Waals surface area contributed by atoms with Gasteiger partial charge >= 0.3 is 0 Å². The molecule has 1 aromatic rings. The van der Waals surface area contributed by atoms with Crippen LogP contribution >= 0.6 is 0 Å². The Balaban J connectivity index is 0.000000295. The summed E-state index contributed by atoms with van der Waals surface area (Å²) < 4.78 is 10.4. The van der Waals surface area contributed by atoms with E-state index >= 15 is 0 Å². The Morgan fingerprint density at radius 2 is 2.05 bits per heavy atom. The largest absolute Gasteiger partial charge is 0.493 e. The zero-order valence-corrected chi connectivity index (χ0v) is 14.2. The summed E-state index contributed by atoms with van der Waals surface area (Å²) in [5, 5.41) is 3.41. The van der Waals surface area contributed by atoms with Gasteiger partial charge in [0.1, 0.15) is 11.4 Å². The quantitative estimate of drug-likeness (QED) is 0.867. The van der Waals surface area contributed by atoms with Gasteiger partial charge in [0.25, 0.3) is 6.47 Å². The minimum Gasteiger partial charge on any atom is -0.493 e. The molecule has 1 heterocycles. The van der Waals surface area contributed by atoms with Gasteiger partial charge in [-0.05, 0) is 58.7 Å². The standard InChI is InChI=1S/C13H19NO.C5H10O2/c1-11-5-2-3-7-13(11)15-10-12-6-4-8-14-9-12;1-5(2,3)7-4-6/h2-3,5,7,12,14H,4,6,8-10H2,1H3;4H,1-3H3/t12-;/m1./s1. The van der Waals surface area contributed by atoms with E-state index in [2.05, 4.69) is 23.0 Å². The Kier molecular flexibility index (Phi) is 7.96. The van der Waals surface area contributed by atoms with Crippen LogP contribution < -0.4 is 10.1 Å². The van der Waals surface area contributed by atoms with Crippen LogP contribution in [0.5, 0.6) is 5.75 Å². The van der Waals surface area contributed by atoms with Gasteiger partial charge in [0, 0.05) is 12.5 Å². The summed E-state index contributed by atoms with van der Waals surface area (Å²) >= 11 is 0. The molecule has 2 rings (SSSR count). The molecular weight excluding hydrogens is 278 g/mol. The van der Waals surface area contributed by atoms with Crippen molar-refractivity contribution in [3.63, 3.8) is 0 Å². The van der Waals surface area contributed by atoms with Crippen LogP contribution in [-0.2, 0) is 9.53 Å². The number of hydrogen-bond acceptors (Lipinski definition) is 4. The van der Waals surface area contributed by atoms with E-state index in [-0.39, 0.29) is 5.60 Å². The fourth-order valence-corrected chi connectivity index (χ4v) is 2.14. The van der Waals surface area contributed by atoms with E-state index in [0.29, 0.717) is 12.4 Å². The van der Waals surface area contributed by atoms with Crippen LogP contribution in [-0.4, -0.2) is 31.8 Å². The second kappa shape index (κ2) is 9.46. The fraction of sp³-hybridized carbons (Fsp3) is 0.611. The van der Waals surface area contributed by atoms with Crippen molar-refractivity contribution >= 4 is 6.47 Å². The molecule has 0 amide bonds. The molecule has 0 saturated carbocycles. The molecule has 1 atom stereocenters. The van der Waals surface area contributed by atoms with Crippen molar-refractivity contribution in [3.05, 3.63) is 29.8 Å². The molecule has 1 aliphatic heterocycles. The number of hydrogen-bond donors (Lipinski definition) is 1. The van der Waals surface area contributed by atoms with E-state index < -0.39 is 0 Å². The maximum atomic E-state index is 9.60. The predicted octanol–water partition coefficient (Wildman–Crippen LogP) is 3.33. The zero-order valence-electron chi connectivity index (χ0n) is 14.2. The Hall–Kier alpha value is -1.55. The van der Waals surface area contributed by atoms with Crippen molar-refractivity contribution < 1.29 is 14.3 Å². The molecule has 4 nitrogen and oxygen atoms in total. The van der Waals surface area contributed by atoms with E-state index in [4.69, 9.17) is 4.74 Å². The molecule has 1 saturated heterocycles. The first-order valence-electron chi connectivity index (χ1n) is 7.93. The first kappa shape index (κ1) is 18.5. The molecule has 0 spiro atoms. The Morgan fingerprint density at radius 1 is 1.32 bits per heavy atom. The van der Waals surface area contributed by atoms with Crippen molar-refractivity contribution in [1.82, 2.24) is 5.32 Å². The van der Waals surface area contributed by atoms with Gasteiger partial charge in [-0.25, -0.2) is 0 Å². The van der Waals surface area contributed by atoms with Gasteiger partial charge in [0.2, 0.25) is 0 Å². The van der Waals surface area contributed by atoms with Crippen LogP contribution in [0.4, 0.5) is 0 Å². The molecule has 1 fully saturated rings. The van der Waals surface area contributed by atoms with Crippen LogP contribution in [0, 0.1) is 12.8 Å². The number of rotatable bonds is 4. The molecule has 4 heteroatoms. The molecule has 0 bridgehead atoms. The molecule has 0 aliphatic carbocycles. The maximum Gasteiger partial charge on any atom is 0.293 e. The second-order valence-electron chi connectivity index (χ2n) is 6.62. The minimum absolute atomic E-state index is 0.318. The third-order valence-electron chi connectivity index (χ3n) is 3.37. The third-order valence-corrected chi connectivity index (χ3v) is 3.37. The lowest BCUT2D eigenvalue weighted by Gasteiger charge is -2.23. The average molecular weight is 307 g/mol. The Labute approximate surface area is 134 Å². The van der Waals surface area contributed by atoms with Crippen molar-refractivity contribution in [1.29, 1.82) is 0 Å². The lowest BCUT2D eigenvalue weighted by atomic mass is 10.0. The van der Waals surface area contributed by atoms with Crippen molar-refractivity contribution in [2.24, 2.45) is 5.92 Å². The van der Waals surface area contributed by atoms with Crippen molar-refractivity contribution in [2.45, 2.75) is 46.1 Å². The zero-order chi connectivity index (χ0) is 16.4. The smallest absolute Gasteiger partial charge is 0.293 e. The monoisotopic (exact) mass is 307 g/mol. The van der Waals surface area contributed by atoms with E-state index in [0.717, 1.165) is 18.9 Å². The van der Waals surface area contributed by atoms with E-state index in [1.807, 2.05) is 39.0 Å². The molecule has 1 N–H and O–H groups in total. The van der Waals surface area contributed by atoms with Crippen LogP contribution in [0.2, 0.25) is 0 Å². The average Bonchev–Trinajstić information content (AvgIpc) is 2.47. The van der Waals surface area contributed by atoms with Crippen LogP contribution in [0.25, 0.3) is 0 Å². The number of carbonyl (C=O) groups is 1. The number of benzene rings is 1. The summed E-state index contributed by atoms with van der Waals surface area (Å²) in [6.45, 7) is 11.1. The maximum absolute atomic E-state index is 9.60. The number of ether oxygens (including phenoxy) is 2. The summed E-state index contributed by atoms with van der Waals surface area (Å²) in [6.07, 6.45) is 2.57. The second-order valence-corrected chi connectivity index (χ2v) is 6.62. The molecular formula is C18H29NO3. The summed E-state index contributed by atoms with van der Waals surface area (Å²) in [6, 6.07) is 8.21. The van der Waals surface area contributed by atoms with Gasteiger partial charge in [0.05, 0.1) is 6.61 Å². The van der Waals surface area contributed by atoms with Gasteiger partial charge in [-0.1, -0.05) is 18.2 Å². The lowest BCUT2D eigenvalue weighted by molar-refractivity contribution is -0.138. The van der Waals surface area contributed by atoms with Gasteiger partial charge in [-0.2, -0.15) is 0 Å². The first-order chi connectivity index (χ1) is 10.4. The van der Waals surface area contributed by atoms with Gasteiger partial charge in [0.15, 0.2) is 0 Å². The first-order valence-corrected chi connectivity index (χ1v) is 7.93. The number of aryl methyl sites for hydroxylation is 1. The predicted molar refractivity (Wildman–Crippen MR) is 89.2 cm³/mol. The number of para-hydroxylation sites is 1. The number of piperidine rings is 1. The Bertz CT molecular complexity index is 434. The highest BCUT2D eigenvalue weighted by Crippen LogP contribution is 2.18. The van der Waals surface area contributed by atoms with Crippen molar-refractivity contribution in [2.75, 3.05) is 19.7 Å². The summed E-state index contributed by atoms with van der Waals surface area (Å²) in [5.74, 6) is 1.71. The highest BCUT2D eigenvalue weighted by molar-refractivity contribution is 5.37. The van der Waals surface area contributed by atoms with Crippen molar-refractivity contribution in [3.8, 4) is 5.75 Å². The summed E-state index contributed by atoms with van der Waals surface area (Å²) in [7, 11) is 0. The highest BCUT2D eigenvalue weighted by Gasteiger charge is 2.13. The van der Waals surface area contributed by atoms with E-state index in [9.17, 15) is 4.79 Å². The van der Waals surface area contributed by atoms with Crippen LogP contribution in [0.15, 0.2) is 24.3 Å². The molecule has 0 unspecified atom stereocenters. The van der Waals surface area contributed by atoms with Crippen LogP contribution in [0.1, 0.15) is 39.2 Å². The third kappa shape index (κ3) is 8.03. The highest BCUT2D eigenvalue weighted by atomic mass is 16.5. The van der Waals surface area contributed by atoms with E-state index in [1.165, 1.54) is 24.9 Å². The van der Waals surface area contributed by atoms with Gasteiger partial charge in [-0.15, -0.1) is 0 Å². The van der Waals surface area contributed by atoms with Crippen LogP contribution in [0.3, 0.4) is 0 Å². The molecule has 22 heavy (non-hydrogen) atoms. The fourth-order valence-electron chi connectivity index (χ4n) is 2.14. The molecule has 0 aromatic heterocycles. The van der Waals surface area contributed by atoms with Gasteiger partial charge in [-0.3, -0.25) is 4.79 Å². The number of nitrogens with one attached hydrogen (secondary N) is 1. The summed E-state index contributed by atoms with van der Waals surface area (Å²) in [4.78, 5) is 9.60. The number of carbonyl (C=O) groups excluding carboxylic acids is 1. The minimum atomic E-state index is -0.318. The Morgan fingerprint density at radius 3 is 2.55 bits per heavy atom. The van der Waals surface area contributed by atoms with Gasteiger partial charge < -0.3 is 14.8 Å². The lowest BCUT2D eigenvalue weighted by Crippen LogP contribution is -2.33. The molecule has 124 valence electrons. The van der Waals surface area contributed by atoms with E-state index in [1.54, 1.807) is 0 Å². The topological polar surface area (TPSA) is 47.6 Å². The molecule has 0 radical (unpaired) electrons. The molecule has 1 aromatic carbocycles.